The van der Waals surface area contributed by atoms with Gasteiger partial charge >= 0.3 is 0 Å². The van der Waals surface area contributed by atoms with E-state index in [2.05, 4.69) is 5.32 Å². The Kier molecular flexibility index (Phi) is 5.40. The lowest BCUT2D eigenvalue weighted by Crippen LogP contribution is -2.31. The standard InChI is InChI=1S/C17H15ClN2O2/c1-12(14-5-3-2-4-6-14)20-17(21)11-22-16-8-7-13(10-19)9-15(16)18/h2-9,12H,11H2,1H3,(H,20,21)/t12-/m1/s1. The van der Waals surface area contributed by atoms with E-state index in [1.165, 1.54) is 6.07 Å². The van der Waals surface area contributed by atoms with Gasteiger partial charge in [0.2, 0.25) is 0 Å². The van der Waals surface area contributed by atoms with Gasteiger partial charge in [0, 0.05) is 0 Å². The SMILES string of the molecule is C[C@@H](NC(=O)COc1ccc(C#N)cc1Cl)c1ccccc1. The van der Waals surface area contributed by atoms with E-state index in [0.29, 0.717) is 16.3 Å². The van der Waals surface area contributed by atoms with Gasteiger partial charge in [-0.25, -0.2) is 0 Å². The van der Waals surface area contributed by atoms with E-state index in [-0.39, 0.29) is 18.6 Å². The number of rotatable bonds is 5. The molecule has 112 valence electrons. The highest BCUT2D eigenvalue weighted by molar-refractivity contribution is 6.32. The van der Waals surface area contributed by atoms with Crippen LogP contribution in [0.2, 0.25) is 5.02 Å². The summed E-state index contributed by atoms with van der Waals surface area (Å²) in [5.41, 5.74) is 1.46. The molecule has 5 heteroatoms. The number of carbonyl (C=O) groups excluding carboxylic acids is 1. The number of nitriles is 1. The molecule has 0 spiro atoms. The second kappa shape index (κ2) is 7.48. The molecule has 0 aliphatic carbocycles. The van der Waals surface area contributed by atoms with Crippen LogP contribution in [0.1, 0.15) is 24.1 Å². The zero-order valence-electron chi connectivity index (χ0n) is 12.0. The molecule has 22 heavy (non-hydrogen) atoms. The number of carbonyl (C=O) groups is 1. The second-order valence-electron chi connectivity index (χ2n) is 4.75. The minimum atomic E-state index is -0.239. The highest BCUT2D eigenvalue weighted by Gasteiger charge is 2.11. The number of nitrogens with one attached hydrogen (secondary N) is 1. The Labute approximate surface area is 134 Å². The Hall–Kier alpha value is -2.51. The molecule has 1 amide bonds. The fourth-order valence-corrected chi connectivity index (χ4v) is 2.17. The van der Waals surface area contributed by atoms with Crippen LogP contribution in [0.15, 0.2) is 48.5 Å². The predicted octanol–water partition coefficient (Wildman–Crippen LogP) is 3.47. The van der Waals surface area contributed by atoms with Crippen LogP contribution in [0.25, 0.3) is 0 Å². The Morgan fingerprint density at radius 3 is 2.68 bits per heavy atom. The summed E-state index contributed by atoms with van der Waals surface area (Å²) >= 11 is 5.99. The van der Waals surface area contributed by atoms with Gasteiger partial charge in [-0.3, -0.25) is 4.79 Å². The van der Waals surface area contributed by atoms with Gasteiger partial charge in [-0.2, -0.15) is 5.26 Å². The lowest BCUT2D eigenvalue weighted by molar-refractivity contribution is -0.123. The van der Waals surface area contributed by atoms with Crippen molar-refractivity contribution < 1.29 is 9.53 Å². The van der Waals surface area contributed by atoms with Crippen LogP contribution in [0.5, 0.6) is 5.75 Å². The lowest BCUT2D eigenvalue weighted by atomic mass is 10.1. The summed E-state index contributed by atoms with van der Waals surface area (Å²) in [6, 6.07) is 16.2. The first kappa shape index (κ1) is 15.9. The summed E-state index contributed by atoms with van der Waals surface area (Å²) in [6.07, 6.45) is 0. The van der Waals surface area contributed by atoms with Crippen molar-refractivity contribution in [1.29, 1.82) is 5.26 Å². The minimum absolute atomic E-state index is 0.103. The third-order valence-electron chi connectivity index (χ3n) is 3.10. The maximum absolute atomic E-state index is 11.9. The van der Waals surface area contributed by atoms with Gasteiger partial charge in [-0.15, -0.1) is 0 Å². The van der Waals surface area contributed by atoms with Crippen molar-refractivity contribution in [3.05, 3.63) is 64.7 Å². The van der Waals surface area contributed by atoms with Crippen molar-refractivity contribution in [3.8, 4) is 11.8 Å². The fourth-order valence-electron chi connectivity index (χ4n) is 1.94. The molecular weight excluding hydrogens is 300 g/mol. The molecule has 0 fully saturated rings. The third kappa shape index (κ3) is 4.24. The van der Waals surface area contributed by atoms with Crippen molar-refractivity contribution in [2.75, 3.05) is 6.61 Å². The maximum atomic E-state index is 11.9. The smallest absolute Gasteiger partial charge is 0.258 e. The Bertz CT molecular complexity index is 696. The average Bonchev–Trinajstić information content (AvgIpc) is 2.54. The molecule has 1 N–H and O–H groups in total. The molecular formula is C17H15ClN2O2. The van der Waals surface area contributed by atoms with Crippen LogP contribution in [0, 0.1) is 11.3 Å². The molecule has 0 radical (unpaired) electrons. The molecule has 0 aliphatic heterocycles. The first-order chi connectivity index (χ1) is 10.6. The van der Waals surface area contributed by atoms with Crippen LogP contribution in [0.3, 0.4) is 0 Å². The average molecular weight is 315 g/mol. The van der Waals surface area contributed by atoms with Crippen LogP contribution in [-0.2, 0) is 4.79 Å². The number of halogens is 1. The molecule has 0 aliphatic rings. The van der Waals surface area contributed by atoms with Crippen molar-refractivity contribution in [1.82, 2.24) is 5.32 Å². The third-order valence-corrected chi connectivity index (χ3v) is 3.39. The Morgan fingerprint density at radius 2 is 2.05 bits per heavy atom. The summed E-state index contributed by atoms with van der Waals surface area (Å²) in [5.74, 6) is 0.139. The molecule has 0 heterocycles. The quantitative estimate of drug-likeness (QED) is 0.919. The van der Waals surface area contributed by atoms with E-state index in [9.17, 15) is 4.79 Å². The van der Waals surface area contributed by atoms with Gasteiger partial charge in [0.15, 0.2) is 6.61 Å². The first-order valence-electron chi connectivity index (χ1n) is 6.77. The zero-order chi connectivity index (χ0) is 15.9. The summed E-state index contributed by atoms with van der Waals surface area (Å²) < 4.78 is 5.38. The van der Waals surface area contributed by atoms with E-state index in [4.69, 9.17) is 21.6 Å². The Morgan fingerprint density at radius 1 is 1.32 bits per heavy atom. The summed E-state index contributed by atoms with van der Waals surface area (Å²) in [5, 5.41) is 11.9. The number of ether oxygens (including phenoxy) is 1. The monoisotopic (exact) mass is 314 g/mol. The van der Waals surface area contributed by atoms with Crippen LogP contribution in [-0.4, -0.2) is 12.5 Å². The van der Waals surface area contributed by atoms with Crippen LogP contribution in [0.4, 0.5) is 0 Å². The molecule has 0 bridgehead atoms. The number of amides is 1. The number of benzene rings is 2. The fraction of sp³-hybridized carbons (Fsp3) is 0.176. The van der Waals surface area contributed by atoms with E-state index in [1.807, 2.05) is 43.3 Å². The molecule has 2 aromatic rings. The summed E-state index contributed by atoms with van der Waals surface area (Å²) in [4.78, 5) is 11.9. The van der Waals surface area contributed by atoms with E-state index in [0.717, 1.165) is 5.56 Å². The van der Waals surface area contributed by atoms with Crippen LogP contribution >= 0.6 is 11.6 Å². The van der Waals surface area contributed by atoms with E-state index in [1.54, 1.807) is 12.1 Å². The lowest BCUT2D eigenvalue weighted by Gasteiger charge is -2.15. The van der Waals surface area contributed by atoms with Gasteiger partial charge in [0.1, 0.15) is 5.75 Å². The molecule has 2 rings (SSSR count). The van der Waals surface area contributed by atoms with Gasteiger partial charge in [0.25, 0.3) is 5.91 Å². The van der Waals surface area contributed by atoms with Gasteiger partial charge in [-0.1, -0.05) is 41.9 Å². The predicted molar refractivity (Wildman–Crippen MR) is 84.7 cm³/mol. The first-order valence-corrected chi connectivity index (χ1v) is 7.14. The minimum Gasteiger partial charge on any atom is -0.482 e. The van der Waals surface area contributed by atoms with E-state index < -0.39 is 0 Å². The van der Waals surface area contributed by atoms with Crippen molar-refractivity contribution >= 4 is 17.5 Å². The second-order valence-corrected chi connectivity index (χ2v) is 5.15. The number of nitrogens with zero attached hydrogens (tertiary/aromatic N) is 1. The molecule has 1 atom stereocenters. The van der Waals surface area contributed by atoms with Crippen molar-refractivity contribution in [3.63, 3.8) is 0 Å². The number of hydrogen-bond donors (Lipinski definition) is 1. The summed E-state index contributed by atoms with van der Waals surface area (Å²) in [6.45, 7) is 1.77. The molecule has 0 aromatic heterocycles. The maximum Gasteiger partial charge on any atom is 0.258 e. The van der Waals surface area contributed by atoms with Crippen molar-refractivity contribution in [2.45, 2.75) is 13.0 Å². The summed E-state index contributed by atoms with van der Waals surface area (Å²) in [7, 11) is 0. The largest absolute Gasteiger partial charge is 0.482 e. The molecule has 4 nitrogen and oxygen atoms in total. The van der Waals surface area contributed by atoms with Gasteiger partial charge in [0.05, 0.1) is 22.7 Å². The molecule has 0 saturated carbocycles. The molecule has 0 saturated heterocycles. The molecule has 2 aromatic carbocycles. The highest BCUT2D eigenvalue weighted by Crippen LogP contribution is 2.25. The van der Waals surface area contributed by atoms with Crippen molar-refractivity contribution in [2.24, 2.45) is 0 Å². The normalized spacial score (nSPS) is 11.3. The topological polar surface area (TPSA) is 62.1 Å². The number of hydrogen-bond acceptors (Lipinski definition) is 3. The highest BCUT2D eigenvalue weighted by atomic mass is 35.5. The van der Waals surface area contributed by atoms with E-state index >= 15 is 0 Å². The Balaban J connectivity index is 1.89. The van der Waals surface area contributed by atoms with Gasteiger partial charge in [-0.05, 0) is 30.7 Å². The van der Waals surface area contributed by atoms with Gasteiger partial charge < -0.3 is 10.1 Å². The van der Waals surface area contributed by atoms with Crippen LogP contribution < -0.4 is 10.1 Å². The molecule has 0 unspecified atom stereocenters. The zero-order valence-corrected chi connectivity index (χ0v) is 12.8.